The lowest BCUT2D eigenvalue weighted by atomic mass is 10.2. The highest BCUT2D eigenvalue weighted by atomic mass is 32.1. The molecule has 2 aromatic rings. The number of aromatic carboxylic acids is 1. The van der Waals surface area contributed by atoms with Gasteiger partial charge in [0.2, 0.25) is 5.91 Å². The highest BCUT2D eigenvalue weighted by Gasteiger charge is 2.21. The summed E-state index contributed by atoms with van der Waals surface area (Å²) in [5, 5.41) is 10.5. The number of carbonyl (C=O) groups excluding carboxylic acids is 1. The van der Waals surface area contributed by atoms with Gasteiger partial charge in [-0.05, 0) is 0 Å². The Kier molecular flexibility index (Phi) is 3.58. The summed E-state index contributed by atoms with van der Waals surface area (Å²) < 4.78 is 1.15. The van der Waals surface area contributed by atoms with Crippen molar-refractivity contribution in [1.29, 1.82) is 0 Å². The number of fused-ring (bicyclic) bond motifs is 1. The monoisotopic (exact) mass is 295 g/mol. The first-order valence-electron chi connectivity index (χ1n) is 5.86. The Labute approximate surface area is 117 Å². The number of primary amides is 1. The van der Waals surface area contributed by atoms with E-state index in [4.69, 9.17) is 10.8 Å². The summed E-state index contributed by atoms with van der Waals surface area (Å²) in [5.41, 5.74) is 4.49. The van der Waals surface area contributed by atoms with Crippen LogP contribution in [0.3, 0.4) is 0 Å². The maximum Gasteiger partial charge on any atom is 0.337 e. The average molecular weight is 295 g/mol. The lowest BCUT2D eigenvalue weighted by Gasteiger charge is -2.13. The predicted octanol–water partition coefficient (Wildman–Crippen LogP) is 0.765. The smallest absolute Gasteiger partial charge is 0.337 e. The number of aromatic nitrogens is 2. The first kappa shape index (κ1) is 14.2. The van der Waals surface area contributed by atoms with E-state index in [0.29, 0.717) is 10.7 Å². The third-order valence-corrected chi connectivity index (χ3v) is 3.66. The molecule has 0 atom stereocenters. The third-order valence-electron chi connectivity index (χ3n) is 2.78. The molecular weight excluding hydrogens is 282 g/mol. The molecule has 2 heterocycles. The van der Waals surface area contributed by atoms with E-state index < -0.39 is 17.4 Å². The van der Waals surface area contributed by atoms with Gasteiger partial charge in [0.1, 0.15) is 17.2 Å². The second-order valence-electron chi connectivity index (χ2n) is 4.62. The zero-order valence-electron chi connectivity index (χ0n) is 10.9. The second-order valence-corrected chi connectivity index (χ2v) is 5.48. The molecule has 0 unspecified atom stereocenters. The summed E-state index contributed by atoms with van der Waals surface area (Å²) in [6.07, 6.45) is 0. The largest absolute Gasteiger partial charge is 0.478 e. The van der Waals surface area contributed by atoms with Crippen molar-refractivity contribution in [3.8, 4) is 0 Å². The van der Waals surface area contributed by atoms with Crippen molar-refractivity contribution in [1.82, 2.24) is 9.55 Å². The molecule has 20 heavy (non-hydrogen) atoms. The van der Waals surface area contributed by atoms with Crippen LogP contribution in [0.5, 0.6) is 0 Å². The van der Waals surface area contributed by atoms with Crippen LogP contribution in [0.4, 0.5) is 0 Å². The topological polar surface area (TPSA) is 115 Å². The molecule has 2 rings (SSSR count). The lowest BCUT2D eigenvalue weighted by Crippen LogP contribution is -2.32. The number of rotatable bonds is 4. The Morgan fingerprint density at radius 3 is 2.65 bits per heavy atom. The van der Waals surface area contributed by atoms with E-state index in [9.17, 15) is 14.4 Å². The molecular formula is C12H13N3O4S. The summed E-state index contributed by atoms with van der Waals surface area (Å²) in [5.74, 6) is -1.55. The minimum atomic E-state index is -1.20. The van der Waals surface area contributed by atoms with E-state index in [-0.39, 0.29) is 23.4 Å². The molecule has 7 nitrogen and oxygen atoms in total. The molecule has 0 aliphatic heterocycles. The van der Waals surface area contributed by atoms with Gasteiger partial charge in [-0.1, -0.05) is 13.8 Å². The van der Waals surface area contributed by atoms with Crippen molar-refractivity contribution in [2.75, 3.05) is 0 Å². The predicted molar refractivity (Wildman–Crippen MR) is 74.1 cm³/mol. The number of thiophene rings is 1. The van der Waals surface area contributed by atoms with Gasteiger partial charge in [0, 0.05) is 11.3 Å². The maximum absolute atomic E-state index is 12.4. The van der Waals surface area contributed by atoms with Crippen molar-refractivity contribution < 1.29 is 14.7 Å². The van der Waals surface area contributed by atoms with E-state index >= 15 is 0 Å². The van der Waals surface area contributed by atoms with Gasteiger partial charge in [-0.3, -0.25) is 14.2 Å². The number of nitrogens with two attached hydrogens (primary N) is 1. The Morgan fingerprint density at radius 2 is 2.15 bits per heavy atom. The maximum atomic E-state index is 12.4. The number of amides is 1. The minimum Gasteiger partial charge on any atom is -0.478 e. The molecule has 0 saturated heterocycles. The van der Waals surface area contributed by atoms with Crippen LogP contribution < -0.4 is 11.3 Å². The number of carbonyl (C=O) groups is 2. The Bertz CT molecular complexity index is 760. The molecule has 2 aromatic heterocycles. The standard InChI is InChI=1S/C12H13N3O4S/c1-5(2)9-14-10-8(6(4-20-10)12(18)19)11(17)15(9)3-7(13)16/h4-5H,3H2,1-2H3,(H2,13,16)(H,18,19). The third kappa shape index (κ3) is 2.29. The van der Waals surface area contributed by atoms with Crippen LogP contribution in [0, 0.1) is 0 Å². The van der Waals surface area contributed by atoms with Crippen molar-refractivity contribution in [2.45, 2.75) is 26.3 Å². The van der Waals surface area contributed by atoms with Crippen LogP contribution >= 0.6 is 11.3 Å². The van der Waals surface area contributed by atoms with Crippen LogP contribution in [0.25, 0.3) is 10.2 Å². The summed E-state index contributed by atoms with van der Waals surface area (Å²) in [4.78, 5) is 39.3. The van der Waals surface area contributed by atoms with Crippen molar-refractivity contribution >= 4 is 33.4 Å². The van der Waals surface area contributed by atoms with E-state index in [0.717, 1.165) is 15.9 Å². The summed E-state index contributed by atoms with van der Waals surface area (Å²) in [7, 11) is 0. The molecule has 0 aliphatic carbocycles. The number of hydrogen-bond donors (Lipinski definition) is 2. The Morgan fingerprint density at radius 1 is 1.50 bits per heavy atom. The summed E-state index contributed by atoms with van der Waals surface area (Å²) >= 11 is 1.09. The fourth-order valence-corrected chi connectivity index (χ4v) is 2.86. The van der Waals surface area contributed by atoms with Crippen molar-refractivity contribution in [3.05, 3.63) is 27.1 Å². The fourth-order valence-electron chi connectivity index (χ4n) is 1.95. The second kappa shape index (κ2) is 5.04. The van der Waals surface area contributed by atoms with Crippen LogP contribution in [-0.4, -0.2) is 26.5 Å². The van der Waals surface area contributed by atoms with Gasteiger partial charge in [-0.2, -0.15) is 0 Å². The van der Waals surface area contributed by atoms with E-state index in [1.165, 1.54) is 5.38 Å². The normalized spacial score (nSPS) is 11.2. The zero-order chi connectivity index (χ0) is 15.0. The molecule has 0 fully saturated rings. The van der Waals surface area contributed by atoms with Gasteiger partial charge < -0.3 is 10.8 Å². The van der Waals surface area contributed by atoms with Gasteiger partial charge >= 0.3 is 5.97 Å². The molecule has 0 spiro atoms. The van der Waals surface area contributed by atoms with E-state index in [1.54, 1.807) is 0 Å². The van der Waals surface area contributed by atoms with Crippen molar-refractivity contribution in [3.63, 3.8) is 0 Å². The molecule has 106 valence electrons. The molecule has 0 radical (unpaired) electrons. The van der Waals surface area contributed by atoms with Crippen LogP contribution in [0.15, 0.2) is 10.2 Å². The molecule has 0 aromatic carbocycles. The molecule has 0 bridgehead atoms. The molecule has 3 N–H and O–H groups in total. The number of hydrogen-bond acceptors (Lipinski definition) is 5. The summed E-state index contributed by atoms with van der Waals surface area (Å²) in [6, 6.07) is 0. The van der Waals surface area contributed by atoms with Gasteiger partial charge in [-0.25, -0.2) is 9.78 Å². The van der Waals surface area contributed by atoms with Crippen LogP contribution in [0.1, 0.15) is 35.9 Å². The Balaban J connectivity index is 2.85. The average Bonchev–Trinajstić information content (AvgIpc) is 2.75. The number of carboxylic acid groups (broad SMARTS) is 1. The highest BCUT2D eigenvalue weighted by molar-refractivity contribution is 7.17. The molecule has 1 amide bonds. The van der Waals surface area contributed by atoms with E-state index in [2.05, 4.69) is 4.98 Å². The fraction of sp³-hybridized carbons (Fsp3) is 0.333. The SMILES string of the molecule is CC(C)c1nc2scc(C(=O)O)c2c(=O)n1CC(N)=O. The minimum absolute atomic E-state index is 0.0214. The first-order valence-corrected chi connectivity index (χ1v) is 6.74. The zero-order valence-corrected chi connectivity index (χ0v) is 11.7. The number of carboxylic acids is 1. The molecule has 0 saturated carbocycles. The highest BCUT2D eigenvalue weighted by Crippen LogP contribution is 2.23. The van der Waals surface area contributed by atoms with Gasteiger partial charge in [0.15, 0.2) is 0 Å². The quantitative estimate of drug-likeness (QED) is 0.864. The first-order chi connectivity index (χ1) is 9.32. The molecule has 8 heteroatoms. The summed E-state index contributed by atoms with van der Waals surface area (Å²) in [6.45, 7) is 3.35. The van der Waals surface area contributed by atoms with Crippen LogP contribution in [-0.2, 0) is 11.3 Å². The van der Waals surface area contributed by atoms with Gasteiger partial charge in [0.05, 0.1) is 10.9 Å². The number of nitrogens with zero attached hydrogens (tertiary/aromatic N) is 2. The molecule has 0 aliphatic rings. The van der Waals surface area contributed by atoms with Crippen LogP contribution in [0.2, 0.25) is 0 Å². The Hall–Kier alpha value is -2.22. The van der Waals surface area contributed by atoms with E-state index in [1.807, 2.05) is 13.8 Å². The van der Waals surface area contributed by atoms with Gasteiger partial charge in [-0.15, -0.1) is 11.3 Å². The van der Waals surface area contributed by atoms with Gasteiger partial charge in [0.25, 0.3) is 5.56 Å². The van der Waals surface area contributed by atoms with Crippen molar-refractivity contribution in [2.24, 2.45) is 5.73 Å². The lowest BCUT2D eigenvalue weighted by molar-refractivity contribution is -0.118.